The highest BCUT2D eigenvalue weighted by Crippen LogP contribution is 2.28. The maximum atomic E-state index is 12.1. The summed E-state index contributed by atoms with van der Waals surface area (Å²) in [4.78, 5) is 12.1. The van der Waals surface area contributed by atoms with E-state index in [1.165, 1.54) is 0 Å². The molecule has 0 spiro atoms. The van der Waals surface area contributed by atoms with Gasteiger partial charge in [-0.2, -0.15) is 0 Å². The predicted octanol–water partition coefficient (Wildman–Crippen LogP) is 2.10. The second-order valence-electron chi connectivity index (χ2n) is 5.01. The molecule has 0 saturated carbocycles. The Bertz CT molecular complexity index is 425. The molecule has 0 unspecified atom stereocenters. The number of amides is 1. The van der Waals surface area contributed by atoms with Crippen LogP contribution >= 0.6 is 33.9 Å². The molecule has 1 amide bonds. The third-order valence-electron chi connectivity index (χ3n) is 3.57. The summed E-state index contributed by atoms with van der Waals surface area (Å²) >= 11 is 3.83. The normalized spacial score (nSPS) is 18.2. The van der Waals surface area contributed by atoms with E-state index in [1.54, 1.807) is 18.4 Å². The number of carbonyl (C=O) groups excluding carboxylic acids is 1. The standard InChI is InChI=1S/C13H19IN2O2S/c1-18-9-13(2-4-15-5-3-13)8-16-12(17)10-6-11(14)19-7-10/h6-7,15H,2-5,8-9H2,1H3,(H,16,17). The van der Waals surface area contributed by atoms with Gasteiger partial charge in [-0.05, 0) is 54.6 Å². The maximum Gasteiger partial charge on any atom is 0.252 e. The molecule has 1 fully saturated rings. The zero-order chi connectivity index (χ0) is 13.7. The molecule has 0 atom stereocenters. The van der Waals surface area contributed by atoms with Crippen LogP contribution < -0.4 is 10.6 Å². The van der Waals surface area contributed by atoms with E-state index in [1.807, 2.05) is 11.4 Å². The Hall–Kier alpha value is -0.180. The Balaban J connectivity index is 1.93. The highest BCUT2D eigenvalue weighted by Gasteiger charge is 2.32. The van der Waals surface area contributed by atoms with Crippen LogP contribution in [0.15, 0.2) is 11.4 Å². The molecule has 1 aliphatic rings. The van der Waals surface area contributed by atoms with E-state index in [-0.39, 0.29) is 11.3 Å². The van der Waals surface area contributed by atoms with E-state index in [2.05, 4.69) is 33.2 Å². The van der Waals surface area contributed by atoms with Crippen molar-refractivity contribution in [1.82, 2.24) is 10.6 Å². The van der Waals surface area contributed by atoms with Crippen LogP contribution in [0.3, 0.4) is 0 Å². The maximum absolute atomic E-state index is 12.1. The van der Waals surface area contributed by atoms with Crippen LogP contribution in [0.5, 0.6) is 0 Å². The fourth-order valence-corrected chi connectivity index (χ4v) is 3.76. The lowest BCUT2D eigenvalue weighted by molar-refractivity contribution is 0.0512. The summed E-state index contributed by atoms with van der Waals surface area (Å²) in [6, 6.07) is 1.92. The van der Waals surface area contributed by atoms with E-state index in [0.717, 1.165) is 34.4 Å². The fourth-order valence-electron chi connectivity index (χ4n) is 2.43. The van der Waals surface area contributed by atoms with Gasteiger partial charge in [0.25, 0.3) is 5.91 Å². The van der Waals surface area contributed by atoms with Gasteiger partial charge in [0, 0.05) is 24.4 Å². The van der Waals surface area contributed by atoms with Crippen LogP contribution in [0.25, 0.3) is 0 Å². The van der Waals surface area contributed by atoms with Crippen molar-refractivity contribution in [2.24, 2.45) is 5.41 Å². The largest absolute Gasteiger partial charge is 0.384 e. The van der Waals surface area contributed by atoms with Crippen LogP contribution in [0.1, 0.15) is 23.2 Å². The number of hydrogen-bond donors (Lipinski definition) is 2. The van der Waals surface area contributed by atoms with Crippen molar-refractivity contribution < 1.29 is 9.53 Å². The average molecular weight is 394 g/mol. The molecule has 2 rings (SSSR count). The molecular formula is C13H19IN2O2S. The lowest BCUT2D eigenvalue weighted by Gasteiger charge is -2.37. The number of halogens is 1. The molecule has 1 aliphatic heterocycles. The highest BCUT2D eigenvalue weighted by molar-refractivity contribution is 14.1. The third-order valence-corrected chi connectivity index (χ3v) is 5.36. The number of ether oxygens (including phenoxy) is 1. The van der Waals surface area contributed by atoms with Gasteiger partial charge in [0.05, 0.1) is 15.1 Å². The molecule has 2 N–H and O–H groups in total. The number of thiophene rings is 1. The Morgan fingerprint density at radius 1 is 1.58 bits per heavy atom. The lowest BCUT2D eigenvalue weighted by atomic mass is 9.79. The fraction of sp³-hybridized carbons (Fsp3) is 0.615. The number of methoxy groups -OCH3 is 1. The summed E-state index contributed by atoms with van der Waals surface area (Å²) in [5.41, 5.74) is 0.842. The van der Waals surface area contributed by atoms with Gasteiger partial charge in [-0.1, -0.05) is 0 Å². The van der Waals surface area contributed by atoms with Crippen molar-refractivity contribution in [3.05, 3.63) is 19.9 Å². The first kappa shape index (κ1) is 15.2. The summed E-state index contributed by atoms with van der Waals surface area (Å²) in [5.74, 6) is 0.0215. The molecular weight excluding hydrogens is 375 g/mol. The van der Waals surface area contributed by atoms with Gasteiger partial charge in [-0.3, -0.25) is 4.79 Å². The molecule has 19 heavy (non-hydrogen) atoms. The third kappa shape index (κ3) is 4.14. The predicted molar refractivity (Wildman–Crippen MR) is 85.8 cm³/mol. The number of rotatable bonds is 5. The van der Waals surface area contributed by atoms with Crippen molar-refractivity contribution in [3.63, 3.8) is 0 Å². The van der Waals surface area contributed by atoms with E-state index in [9.17, 15) is 4.79 Å². The van der Waals surface area contributed by atoms with Gasteiger partial charge >= 0.3 is 0 Å². The molecule has 1 saturated heterocycles. The quantitative estimate of drug-likeness (QED) is 0.753. The summed E-state index contributed by atoms with van der Waals surface area (Å²) in [7, 11) is 1.73. The SMILES string of the molecule is COCC1(CNC(=O)c2csc(I)c2)CCNCC1. The number of piperidine rings is 1. The Labute approximate surface area is 131 Å². The molecule has 0 aliphatic carbocycles. The van der Waals surface area contributed by atoms with Gasteiger partial charge in [0.2, 0.25) is 0 Å². The van der Waals surface area contributed by atoms with Crippen LogP contribution in [0.4, 0.5) is 0 Å². The molecule has 6 heteroatoms. The van der Waals surface area contributed by atoms with Crippen molar-refractivity contribution in [3.8, 4) is 0 Å². The minimum Gasteiger partial charge on any atom is -0.384 e. The number of nitrogens with one attached hydrogen (secondary N) is 2. The molecule has 1 aromatic rings. The number of hydrogen-bond acceptors (Lipinski definition) is 4. The van der Waals surface area contributed by atoms with Crippen molar-refractivity contribution in [2.75, 3.05) is 33.4 Å². The van der Waals surface area contributed by atoms with E-state index in [0.29, 0.717) is 13.2 Å². The Morgan fingerprint density at radius 3 is 2.89 bits per heavy atom. The van der Waals surface area contributed by atoms with Gasteiger partial charge < -0.3 is 15.4 Å². The summed E-state index contributed by atoms with van der Waals surface area (Å²) < 4.78 is 6.48. The zero-order valence-electron chi connectivity index (χ0n) is 11.0. The summed E-state index contributed by atoms with van der Waals surface area (Å²) in [6.07, 6.45) is 2.09. The van der Waals surface area contributed by atoms with Crippen molar-refractivity contribution >= 4 is 39.8 Å². The van der Waals surface area contributed by atoms with Crippen molar-refractivity contribution in [2.45, 2.75) is 12.8 Å². The van der Waals surface area contributed by atoms with Gasteiger partial charge in [-0.15, -0.1) is 11.3 Å². The minimum atomic E-state index is 0.0215. The average Bonchev–Trinajstić information content (AvgIpc) is 2.84. The van der Waals surface area contributed by atoms with Gasteiger partial charge in [0.15, 0.2) is 0 Å². The lowest BCUT2D eigenvalue weighted by Crippen LogP contribution is -2.47. The van der Waals surface area contributed by atoms with E-state index >= 15 is 0 Å². The monoisotopic (exact) mass is 394 g/mol. The first-order chi connectivity index (χ1) is 9.15. The van der Waals surface area contributed by atoms with Crippen LogP contribution in [-0.4, -0.2) is 39.3 Å². The molecule has 106 valence electrons. The van der Waals surface area contributed by atoms with E-state index < -0.39 is 0 Å². The molecule has 4 nitrogen and oxygen atoms in total. The molecule has 1 aromatic heterocycles. The molecule has 0 aromatic carbocycles. The minimum absolute atomic E-state index is 0.0215. The molecule has 2 heterocycles. The van der Waals surface area contributed by atoms with E-state index in [4.69, 9.17) is 4.74 Å². The first-order valence-corrected chi connectivity index (χ1v) is 8.33. The number of carbonyl (C=O) groups is 1. The Morgan fingerprint density at radius 2 is 2.32 bits per heavy atom. The van der Waals surface area contributed by atoms with Crippen LogP contribution in [-0.2, 0) is 4.74 Å². The second kappa shape index (κ2) is 7.01. The van der Waals surface area contributed by atoms with Gasteiger partial charge in [-0.25, -0.2) is 0 Å². The smallest absolute Gasteiger partial charge is 0.252 e. The second-order valence-corrected chi connectivity index (χ2v) is 7.81. The summed E-state index contributed by atoms with van der Waals surface area (Å²) in [6.45, 7) is 3.38. The molecule has 0 bridgehead atoms. The molecule has 0 radical (unpaired) electrons. The first-order valence-electron chi connectivity index (χ1n) is 6.37. The van der Waals surface area contributed by atoms with Gasteiger partial charge in [0.1, 0.15) is 0 Å². The van der Waals surface area contributed by atoms with Crippen LogP contribution in [0.2, 0.25) is 0 Å². The topological polar surface area (TPSA) is 50.4 Å². The zero-order valence-corrected chi connectivity index (χ0v) is 14.0. The van der Waals surface area contributed by atoms with Crippen LogP contribution in [0, 0.1) is 8.30 Å². The highest BCUT2D eigenvalue weighted by atomic mass is 127. The van der Waals surface area contributed by atoms with Crippen molar-refractivity contribution in [1.29, 1.82) is 0 Å². The Kier molecular flexibility index (Phi) is 5.61. The summed E-state index contributed by atoms with van der Waals surface area (Å²) in [5, 5.41) is 8.32.